The predicted octanol–water partition coefficient (Wildman–Crippen LogP) is 4.16. The molecule has 2 aromatic rings. The molecule has 0 heterocycles. The lowest BCUT2D eigenvalue weighted by Gasteiger charge is -2.26. The quantitative estimate of drug-likeness (QED) is 0.653. The van der Waals surface area contributed by atoms with Crippen LogP contribution in [0.25, 0.3) is 0 Å². The number of hydrogen-bond acceptors (Lipinski definition) is 4. The van der Waals surface area contributed by atoms with E-state index in [-0.39, 0.29) is 22.9 Å². The number of hydrogen-bond donors (Lipinski definition) is 2. The van der Waals surface area contributed by atoms with E-state index in [1.165, 1.54) is 0 Å². The summed E-state index contributed by atoms with van der Waals surface area (Å²) in [5, 5.41) is 18.6. The molecule has 0 saturated heterocycles. The summed E-state index contributed by atoms with van der Waals surface area (Å²) in [7, 11) is 0. The van der Waals surface area contributed by atoms with E-state index in [1.807, 2.05) is 24.3 Å². The van der Waals surface area contributed by atoms with Crippen LogP contribution < -0.4 is 0 Å². The molecule has 0 spiro atoms. The van der Waals surface area contributed by atoms with Crippen molar-refractivity contribution in [2.45, 2.75) is 26.2 Å². The zero-order valence-corrected chi connectivity index (χ0v) is 14.3. The van der Waals surface area contributed by atoms with Gasteiger partial charge in [0, 0.05) is 11.5 Å². The van der Waals surface area contributed by atoms with E-state index >= 15 is 0 Å². The second-order valence-electron chi connectivity index (χ2n) is 5.67. The van der Waals surface area contributed by atoms with Gasteiger partial charge in [-0.15, -0.1) is 0 Å². The third-order valence-electron chi connectivity index (χ3n) is 3.63. The van der Waals surface area contributed by atoms with E-state index < -0.39 is 0 Å². The average molecular weight is 328 g/mol. The van der Waals surface area contributed by atoms with Gasteiger partial charge in [0.05, 0.1) is 6.61 Å². The number of aromatic hydroxyl groups is 2. The van der Waals surface area contributed by atoms with Crippen molar-refractivity contribution in [2.75, 3.05) is 6.61 Å². The predicted molar refractivity (Wildman–Crippen MR) is 95.2 cm³/mol. The van der Waals surface area contributed by atoms with Gasteiger partial charge >= 0.3 is 5.97 Å². The fraction of sp³-hybridized carbons (Fsp3) is 0.250. The van der Waals surface area contributed by atoms with Gasteiger partial charge < -0.3 is 14.9 Å². The summed E-state index contributed by atoms with van der Waals surface area (Å²) in [6.07, 6.45) is 1.14. The standard InChI is InChI=1S/C15H16O2.C5H8O2/c1-15(2,11-3-7-13(16)8-4-11)12-5-9-14(17)10-6-12;1-3-5(6)7-4-2/h3-10,16-17H,1-2H3;3H,1,4H2,2H3. The summed E-state index contributed by atoms with van der Waals surface area (Å²) in [6, 6.07) is 14.4. The first-order valence-corrected chi connectivity index (χ1v) is 7.69. The van der Waals surface area contributed by atoms with Crippen LogP contribution in [0.3, 0.4) is 0 Å². The Balaban J connectivity index is 0.000000351. The molecule has 4 nitrogen and oxygen atoms in total. The summed E-state index contributed by atoms with van der Waals surface area (Å²) in [4.78, 5) is 10.1. The minimum atomic E-state index is -0.359. The Morgan fingerprint density at radius 1 is 1.00 bits per heavy atom. The summed E-state index contributed by atoms with van der Waals surface area (Å²) in [5.41, 5.74) is 2.10. The van der Waals surface area contributed by atoms with Gasteiger partial charge in [0.1, 0.15) is 11.5 Å². The Labute approximate surface area is 143 Å². The fourth-order valence-corrected chi connectivity index (χ4v) is 2.12. The highest BCUT2D eigenvalue weighted by atomic mass is 16.5. The van der Waals surface area contributed by atoms with Crippen molar-refractivity contribution in [1.29, 1.82) is 0 Å². The number of carbonyl (C=O) groups excluding carboxylic acids is 1. The van der Waals surface area contributed by atoms with Gasteiger partial charge in [0.15, 0.2) is 0 Å². The number of ether oxygens (including phenoxy) is 1. The van der Waals surface area contributed by atoms with Crippen molar-refractivity contribution in [3.05, 3.63) is 72.3 Å². The summed E-state index contributed by atoms with van der Waals surface area (Å²) < 4.78 is 4.43. The Kier molecular flexibility index (Phi) is 7.05. The Morgan fingerprint density at radius 2 is 1.38 bits per heavy atom. The van der Waals surface area contributed by atoms with Crippen molar-refractivity contribution >= 4 is 5.97 Å². The molecule has 4 heteroatoms. The van der Waals surface area contributed by atoms with Crippen LogP contribution in [0.15, 0.2) is 61.2 Å². The first-order valence-electron chi connectivity index (χ1n) is 7.69. The van der Waals surface area contributed by atoms with E-state index in [4.69, 9.17) is 0 Å². The monoisotopic (exact) mass is 328 g/mol. The van der Waals surface area contributed by atoms with Gasteiger partial charge in [0.2, 0.25) is 0 Å². The second-order valence-corrected chi connectivity index (χ2v) is 5.67. The van der Waals surface area contributed by atoms with Gasteiger partial charge in [-0.2, -0.15) is 0 Å². The van der Waals surface area contributed by atoms with Gasteiger partial charge in [-0.1, -0.05) is 44.7 Å². The molecule has 2 rings (SSSR count). The van der Waals surface area contributed by atoms with Gasteiger partial charge in [-0.25, -0.2) is 4.79 Å². The van der Waals surface area contributed by atoms with Crippen LogP contribution in [0.4, 0.5) is 0 Å². The summed E-state index contributed by atoms with van der Waals surface area (Å²) in [6.45, 7) is 9.61. The number of phenolic OH excluding ortho intramolecular Hbond substituents is 2. The lowest BCUT2D eigenvalue weighted by molar-refractivity contribution is -0.137. The van der Waals surface area contributed by atoms with Crippen LogP contribution in [-0.2, 0) is 14.9 Å². The molecule has 2 aromatic carbocycles. The molecule has 128 valence electrons. The van der Waals surface area contributed by atoms with Crippen LogP contribution in [0, 0.1) is 0 Å². The fourth-order valence-electron chi connectivity index (χ4n) is 2.12. The highest BCUT2D eigenvalue weighted by molar-refractivity contribution is 5.81. The molecule has 0 fully saturated rings. The first kappa shape index (κ1) is 19.3. The molecule has 0 atom stereocenters. The number of benzene rings is 2. The zero-order chi connectivity index (χ0) is 18.2. The van der Waals surface area contributed by atoms with Crippen molar-refractivity contribution in [3.63, 3.8) is 0 Å². The first-order chi connectivity index (χ1) is 11.3. The van der Waals surface area contributed by atoms with Crippen molar-refractivity contribution in [1.82, 2.24) is 0 Å². The normalized spacial score (nSPS) is 10.3. The van der Waals surface area contributed by atoms with Crippen molar-refractivity contribution < 1.29 is 19.7 Å². The van der Waals surface area contributed by atoms with Crippen LogP contribution in [0.1, 0.15) is 31.9 Å². The SMILES string of the molecule is C=CC(=O)OCC.CC(C)(c1ccc(O)cc1)c1ccc(O)cc1. The van der Waals surface area contributed by atoms with Crippen LogP contribution in [0.2, 0.25) is 0 Å². The molecule has 0 aliphatic carbocycles. The molecule has 0 aromatic heterocycles. The maximum atomic E-state index is 10.1. The largest absolute Gasteiger partial charge is 0.508 e. The van der Waals surface area contributed by atoms with Crippen LogP contribution in [-0.4, -0.2) is 22.8 Å². The number of carbonyl (C=O) groups is 1. The molecular weight excluding hydrogens is 304 g/mol. The Morgan fingerprint density at radius 3 is 1.62 bits per heavy atom. The molecule has 0 bridgehead atoms. The van der Waals surface area contributed by atoms with E-state index in [1.54, 1.807) is 31.2 Å². The molecule has 0 aliphatic rings. The highest BCUT2D eigenvalue weighted by Crippen LogP contribution is 2.32. The third-order valence-corrected chi connectivity index (χ3v) is 3.63. The maximum absolute atomic E-state index is 10.1. The number of rotatable bonds is 4. The molecule has 24 heavy (non-hydrogen) atoms. The van der Waals surface area contributed by atoms with Gasteiger partial charge in [-0.05, 0) is 42.3 Å². The maximum Gasteiger partial charge on any atom is 0.330 e. The van der Waals surface area contributed by atoms with Gasteiger partial charge in [-0.3, -0.25) is 0 Å². The lowest BCUT2D eigenvalue weighted by atomic mass is 9.78. The zero-order valence-electron chi connectivity index (χ0n) is 14.3. The van der Waals surface area contributed by atoms with Crippen molar-refractivity contribution in [3.8, 4) is 11.5 Å². The van der Waals surface area contributed by atoms with E-state index in [9.17, 15) is 15.0 Å². The highest BCUT2D eigenvalue weighted by Gasteiger charge is 2.22. The molecule has 0 radical (unpaired) electrons. The molecule has 0 aliphatic heterocycles. The number of phenols is 2. The smallest absolute Gasteiger partial charge is 0.330 e. The minimum absolute atomic E-state index is 0.151. The van der Waals surface area contributed by atoms with E-state index in [2.05, 4.69) is 25.2 Å². The molecule has 0 amide bonds. The molecular formula is C20H24O4. The Hall–Kier alpha value is -2.75. The average Bonchev–Trinajstić information content (AvgIpc) is 2.56. The van der Waals surface area contributed by atoms with Crippen molar-refractivity contribution in [2.24, 2.45) is 0 Å². The third kappa shape index (κ3) is 5.47. The second kappa shape index (κ2) is 8.77. The van der Waals surface area contributed by atoms with Gasteiger partial charge in [0.25, 0.3) is 0 Å². The Bertz CT molecular complexity index is 608. The molecule has 2 N–H and O–H groups in total. The van der Waals surface area contributed by atoms with Crippen LogP contribution >= 0.6 is 0 Å². The number of esters is 1. The van der Waals surface area contributed by atoms with Crippen LogP contribution in [0.5, 0.6) is 11.5 Å². The topological polar surface area (TPSA) is 66.8 Å². The minimum Gasteiger partial charge on any atom is -0.508 e. The van der Waals surface area contributed by atoms with E-state index in [0.717, 1.165) is 17.2 Å². The summed E-state index contributed by atoms with van der Waals surface area (Å²) in [5.74, 6) is 0.188. The van der Waals surface area contributed by atoms with E-state index in [0.29, 0.717) is 6.61 Å². The lowest BCUT2D eigenvalue weighted by Crippen LogP contribution is -2.18. The summed E-state index contributed by atoms with van der Waals surface area (Å²) >= 11 is 0. The molecule has 0 saturated carbocycles. The molecule has 0 unspecified atom stereocenters.